The zero-order chi connectivity index (χ0) is 14.1. The van der Waals surface area contributed by atoms with Crippen molar-refractivity contribution in [1.29, 1.82) is 0 Å². The molecule has 1 N–H and O–H groups in total. The maximum atomic E-state index is 10.8. The van der Waals surface area contributed by atoms with Crippen LogP contribution in [0, 0.1) is 5.92 Å². The average molecular weight is 263 g/mol. The van der Waals surface area contributed by atoms with Gasteiger partial charge in [0.15, 0.2) is 0 Å². The number of aliphatic carboxylic acids is 1. The molecule has 3 nitrogen and oxygen atoms in total. The van der Waals surface area contributed by atoms with E-state index in [0.717, 1.165) is 32.4 Å². The fourth-order valence-electron chi connectivity index (χ4n) is 2.25. The van der Waals surface area contributed by atoms with Gasteiger partial charge < -0.3 is 5.11 Å². The van der Waals surface area contributed by atoms with Crippen LogP contribution in [0.2, 0.25) is 0 Å². The standard InChI is InChI=1S/C16H25NO2/c1-14(2)12-17(13-16(18)19)11-7-6-10-15-8-4-3-5-9-15/h3-5,8-9,14H,6-7,10-13H2,1-2H3,(H,18,19). The number of rotatable bonds is 9. The number of hydrogen-bond acceptors (Lipinski definition) is 2. The smallest absolute Gasteiger partial charge is 0.317 e. The Kier molecular flexibility index (Phi) is 7.19. The fourth-order valence-corrected chi connectivity index (χ4v) is 2.25. The van der Waals surface area contributed by atoms with Crippen LogP contribution in [0.3, 0.4) is 0 Å². The van der Waals surface area contributed by atoms with Crippen LogP contribution in [0.5, 0.6) is 0 Å². The third kappa shape index (κ3) is 7.62. The molecule has 0 spiro atoms. The maximum absolute atomic E-state index is 10.8. The molecular formula is C16H25NO2. The van der Waals surface area contributed by atoms with Gasteiger partial charge in [-0.15, -0.1) is 0 Å². The largest absolute Gasteiger partial charge is 0.480 e. The number of aryl methyl sites for hydroxylation is 1. The molecule has 0 aliphatic heterocycles. The summed E-state index contributed by atoms with van der Waals surface area (Å²) in [6, 6.07) is 10.4. The Morgan fingerprint density at radius 2 is 1.89 bits per heavy atom. The summed E-state index contributed by atoms with van der Waals surface area (Å²) in [6.07, 6.45) is 3.23. The first kappa shape index (κ1) is 15.7. The lowest BCUT2D eigenvalue weighted by Gasteiger charge is -2.22. The molecule has 0 aromatic heterocycles. The minimum absolute atomic E-state index is 0.156. The third-order valence-corrected chi connectivity index (χ3v) is 3.01. The molecular weight excluding hydrogens is 238 g/mol. The minimum Gasteiger partial charge on any atom is -0.480 e. The fraction of sp³-hybridized carbons (Fsp3) is 0.562. The molecule has 0 saturated carbocycles. The first-order valence-electron chi connectivity index (χ1n) is 7.06. The van der Waals surface area contributed by atoms with Crippen LogP contribution in [0.4, 0.5) is 0 Å². The van der Waals surface area contributed by atoms with Crippen molar-refractivity contribution in [2.24, 2.45) is 5.92 Å². The van der Waals surface area contributed by atoms with Crippen molar-refractivity contribution >= 4 is 5.97 Å². The van der Waals surface area contributed by atoms with Crippen molar-refractivity contribution < 1.29 is 9.90 Å². The lowest BCUT2D eigenvalue weighted by molar-refractivity contribution is -0.138. The van der Waals surface area contributed by atoms with E-state index in [1.54, 1.807) is 0 Å². The number of nitrogens with zero attached hydrogens (tertiary/aromatic N) is 1. The molecule has 0 fully saturated rings. The van der Waals surface area contributed by atoms with Crippen molar-refractivity contribution in [3.8, 4) is 0 Å². The van der Waals surface area contributed by atoms with Crippen LogP contribution in [0.25, 0.3) is 0 Å². The zero-order valence-corrected chi connectivity index (χ0v) is 12.0. The summed E-state index contributed by atoms with van der Waals surface area (Å²) in [7, 11) is 0. The van der Waals surface area contributed by atoms with Gasteiger partial charge in [0.1, 0.15) is 0 Å². The molecule has 1 aromatic rings. The molecule has 0 aliphatic carbocycles. The van der Waals surface area contributed by atoms with Crippen molar-refractivity contribution in [2.75, 3.05) is 19.6 Å². The Labute approximate surface area is 116 Å². The first-order valence-corrected chi connectivity index (χ1v) is 7.06. The van der Waals surface area contributed by atoms with Crippen LogP contribution in [-0.2, 0) is 11.2 Å². The van der Waals surface area contributed by atoms with Crippen molar-refractivity contribution in [1.82, 2.24) is 4.90 Å². The lowest BCUT2D eigenvalue weighted by atomic mass is 10.1. The normalized spacial score (nSPS) is 11.2. The minimum atomic E-state index is -0.733. The van der Waals surface area contributed by atoms with E-state index in [-0.39, 0.29) is 6.54 Å². The number of benzene rings is 1. The Bertz CT molecular complexity index is 362. The summed E-state index contributed by atoms with van der Waals surface area (Å²) < 4.78 is 0. The van der Waals surface area contributed by atoms with Gasteiger partial charge in [-0.25, -0.2) is 0 Å². The molecule has 0 unspecified atom stereocenters. The van der Waals surface area contributed by atoms with Crippen LogP contribution in [0.15, 0.2) is 30.3 Å². The highest BCUT2D eigenvalue weighted by Gasteiger charge is 2.10. The molecule has 0 amide bonds. The van der Waals surface area contributed by atoms with Gasteiger partial charge in [0.25, 0.3) is 0 Å². The molecule has 19 heavy (non-hydrogen) atoms. The monoisotopic (exact) mass is 263 g/mol. The predicted molar refractivity (Wildman–Crippen MR) is 78.3 cm³/mol. The van der Waals surface area contributed by atoms with E-state index in [9.17, 15) is 4.79 Å². The van der Waals surface area contributed by atoms with Crippen LogP contribution in [0.1, 0.15) is 32.3 Å². The Morgan fingerprint density at radius 3 is 2.47 bits per heavy atom. The Hall–Kier alpha value is -1.35. The van der Waals surface area contributed by atoms with E-state index in [0.29, 0.717) is 5.92 Å². The summed E-state index contributed by atoms with van der Waals surface area (Å²) in [5.74, 6) is -0.225. The van der Waals surface area contributed by atoms with Gasteiger partial charge in [0.05, 0.1) is 6.54 Å². The second-order valence-corrected chi connectivity index (χ2v) is 5.47. The van der Waals surface area contributed by atoms with Gasteiger partial charge in [-0.2, -0.15) is 0 Å². The van der Waals surface area contributed by atoms with Crippen molar-refractivity contribution in [3.63, 3.8) is 0 Å². The molecule has 0 radical (unpaired) electrons. The summed E-state index contributed by atoms with van der Waals surface area (Å²) in [5.41, 5.74) is 1.36. The Morgan fingerprint density at radius 1 is 1.21 bits per heavy atom. The van der Waals surface area contributed by atoms with E-state index in [1.165, 1.54) is 5.56 Å². The molecule has 106 valence electrons. The molecule has 0 aliphatic rings. The Balaban J connectivity index is 2.25. The number of unbranched alkanes of at least 4 members (excludes halogenated alkanes) is 1. The second kappa shape index (κ2) is 8.70. The topological polar surface area (TPSA) is 40.5 Å². The van der Waals surface area contributed by atoms with E-state index in [2.05, 4.69) is 38.1 Å². The van der Waals surface area contributed by atoms with Crippen LogP contribution >= 0.6 is 0 Å². The van der Waals surface area contributed by atoms with Gasteiger partial charge in [0, 0.05) is 6.54 Å². The van der Waals surface area contributed by atoms with Crippen molar-refractivity contribution in [2.45, 2.75) is 33.1 Å². The van der Waals surface area contributed by atoms with E-state index in [1.807, 2.05) is 11.0 Å². The molecule has 1 rings (SSSR count). The van der Waals surface area contributed by atoms with Crippen LogP contribution < -0.4 is 0 Å². The summed E-state index contributed by atoms with van der Waals surface area (Å²) in [4.78, 5) is 12.8. The molecule has 0 atom stereocenters. The lowest BCUT2D eigenvalue weighted by Crippen LogP contribution is -2.33. The van der Waals surface area contributed by atoms with Gasteiger partial charge in [-0.05, 0) is 37.3 Å². The van der Waals surface area contributed by atoms with E-state index in [4.69, 9.17) is 5.11 Å². The van der Waals surface area contributed by atoms with Gasteiger partial charge in [-0.3, -0.25) is 9.69 Å². The van der Waals surface area contributed by atoms with E-state index >= 15 is 0 Å². The summed E-state index contributed by atoms with van der Waals surface area (Å²) in [6.45, 7) is 6.14. The molecule has 3 heteroatoms. The number of hydrogen-bond donors (Lipinski definition) is 1. The highest BCUT2D eigenvalue weighted by molar-refractivity contribution is 5.69. The first-order chi connectivity index (χ1) is 9.08. The summed E-state index contributed by atoms with van der Waals surface area (Å²) >= 11 is 0. The van der Waals surface area contributed by atoms with Gasteiger partial charge >= 0.3 is 5.97 Å². The average Bonchev–Trinajstić information content (AvgIpc) is 2.34. The number of carboxylic acid groups (broad SMARTS) is 1. The zero-order valence-electron chi connectivity index (χ0n) is 12.0. The highest BCUT2D eigenvalue weighted by Crippen LogP contribution is 2.06. The van der Waals surface area contributed by atoms with Gasteiger partial charge in [0.2, 0.25) is 0 Å². The summed E-state index contributed by atoms with van der Waals surface area (Å²) in [5, 5.41) is 8.89. The maximum Gasteiger partial charge on any atom is 0.317 e. The van der Waals surface area contributed by atoms with Gasteiger partial charge in [-0.1, -0.05) is 44.2 Å². The second-order valence-electron chi connectivity index (χ2n) is 5.47. The number of carbonyl (C=O) groups is 1. The SMILES string of the molecule is CC(C)CN(CCCCc1ccccc1)CC(=O)O. The third-order valence-electron chi connectivity index (χ3n) is 3.01. The number of carboxylic acids is 1. The van der Waals surface area contributed by atoms with Crippen molar-refractivity contribution in [3.05, 3.63) is 35.9 Å². The van der Waals surface area contributed by atoms with Crippen LogP contribution in [-0.4, -0.2) is 35.6 Å². The molecule has 0 heterocycles. The molecule has 1 aromatic carbocycles. The quantitative estimate of drug-likeness (QED) is 0.696. The van der Waals surface area contributed by atoms with E-state index < -0.39 is 5.97 Å². The molecule has 0 saturated heterocycles. The highest BCUT2D eigenvalue weighted by atomic mass is 16.4. The predicted octanol–water partition coefficient (Wildman–Crippen LogP) is 3.05. The molecule has 0 bridgehead atoms.